The highest BCUT2D eigenvalue weighted by molar-refractivity contribution is 6.35. The van der Waals surface area contributed by atoms with Crippen LogP contribution in [0.1, 0.15) is 22.9 Å². The molecule has 1 heterocycles. The van der Waals surface area contributed by atoms with E-state index in [0.29, 0.717) is 10.0 Å². The van der Waals surface area contributed by atoms with Crippen molar-refractivity contribution in [2.45, 2.75) is 12.5 Å². The van der Waals surface area contributed by atoms with Gasteiger partial charge in [0.05, 0.1) is 18.2 Å². The highest BCUT2D eigenvalue weighted by atomic mass is 35.5. The Labute approximate surface area is 156 Å². The van der Waals surface area contributed by atoms with Gasteiger partial charge < -0.3 is 5.32 Å². The zero-order valence-corrected chi connectivity index (χ0v) is 14.8. The number of nitrogens with zero attached hydrogens (tertiary/aromatic N) is 1. The summed E-state index contributed by atoms with van der Waals surface area (Å²) in [5.41, 5.74) is 2.48. The quantitative estimate of drug-likeness (QED) is 0.698. The Morgan fingerprint density at radius 1 is 1.00 bits per heavy atom. The zero-order chi connectivity index (χ0) is 17.6. The molecule has 0 aliphatic heterocycles. The second kappa shape index (κ2) is 8.15. The summed E-state index contributed by atoms with van der Waals surface area (Å²) in [6.45, 7) is 0. The average molecular weight is 371 g/mol. The molecule has 3 rings (SSSR count). The molecule has 5 heteroatoms. The lowest BCUT2D eigenvalue weighted by molar-refractivity contribution is -0.121. The van der Waals surface area contributed by atoms with Crippen LogP contribution >= 0.6 is 23.2 Å². The first kappa shape index (κ1) is 17.5. The minimum absolute atomic E-state index is 0.135. The summed E-state index contributed by atoms with van der Waals surface area (Å²) in [5, 5.41) is 4.08. The Kier molecular flexibility index (Phi) is 5.69. The van der Waals surface area contributed by atoms with Crippen LogP contribution in [-0.4, -0.2) is 10.9 Å². The largest absolute Gasteiger partial charge is 0.343 e. The van der Waals surface area contributed by atoms with Gasteiger partial charge in [0.15, 0.2) is 0 Å². The lowest BCUT2D eigenvalue weighted by atomic mass is 10.0. The van der Waals surface area contributed by atoms with E-state index in [1.54, 1.807) is 24.4 Å². The van der Waals surface area contributed by atoms with Gasteiger partial charge in [0.2, 0.25) is 5.91 Å². The third kappa shape index (κ3) is 4.59. The SMILES string of the molecule is O=C(Cc1ccc(Cl)cc1Cl)N[C@@H](c1ccccc1)c1ccccn1. The molecule has 0 radical (unpaired) electrons. The van der Waals surface area contributed by atoms with Gasteiger partial charge in [-0.05, 0) is 35.4 Å². The highest BCUT2D eigenvalue weighted by Gasteiger charge is 2.18. The standard InChI is InChI=1S/C20H16Cl2N2O/c21-16-10-9-15(17(22)13-16)12-19(25)24-20(14-6-2-1-3-7-14)18-8-4-5-11-23-18/h1-11,13,20H,12H2,(H,24,25)/t20-/m0/s1. The summed E-state index contributed by atoms with van der Waals surface area (Å²) in [6, 6.07) is 20.2. The molecule has 1 N–H and O–H groups in total. The third-order valence-electron chi connectivity index (χ3n) is 3.79. The highest BCUT2D eigenvalue weighted by Crippen LogP contribution is 2.23. The fourth-order valence-corrected chi connectivity index (χ4v) is 3.05. The molecule has 1 atom stereocenters. The van der Waals surface area contributed by atoms with Crippen molar-refractivity contribution in [3.63, 3.8) is 0 Å². The maximum Gasteiger partial charge on any atom is 0.225 e. The number of amides is 1. The van der Waals surface area contributed by atoms with Crippen molar-refractivity contribution in [1.82, 2.24) is 10.3 Å². The van der Waals surface area contributed by atoms with E-state index < -0.39 is 0 Å². The number of rotatable bonds is 5. The van der Waals surface area contributed by atoms with Crippen LogP contribution < -0.4 is 5.32 Å². The van der Waals surface area contributed by atoms with Crippen molar-refractivity contribution >= 4 is 29.1 Å². The minimum Gasteiger partial charge on any atom is -0.343 e. The molecular weight excluding hydrogens is 355 g/mol. The van der Waals surface area contributed by atoms with Crippen LogP contribution in [0.25, 0.3) is 0 Å². The third-order valence-corrected chi connectivity index (χ3v) is 4.37. The number of benzene rings is 2. The summed E-state index contributed by atoms with van der Waals surface area (Å²) in [6.07, 6.45) is 1.89. The van der Waals surface area contributed by atoms with Crippen LogP contribution in [0.3, 0.4) is 0 Å². The topological polar surface area (TPSA) is 42.0 Å². The number of nitrogens with one attached hydrogen (secondary N) is 1. The number of halogens is 2. The predicted molar refractivity (Wildman–Crippen MR) is 101 cm³/mol. The molecule has 0 unspecified atom stereocenters. The van der Waals surface area contributed by atoms with Gasteiger partial charge in [-0.1, -0.05) is 65.7 Å². The molecular formula is C20H16Cl2N2O. The average Bonchev–Trinajstić information content (AvgIpc) is 2.63. The van der Waals surface area contributed by atoms with Gasteiger partial charge in [-0.25, -0.2) is 0 Å². The van der Waals surface area contributed by atoms with Gasteiger partial charge in [-0.2, -0.15) is 0 Å². The Morgan fingerprint density at radius 2 is 1.76 bits per heavy atom. The van der Waals surface area contributed by atoms with Gasteiger partial charge in [0.25, 0.3) is 0 Å². The van der Waals surface area contributed by atoms with Crippen molar-refractivity contribution in [3.05, 3.63) is 99.8 Å². The van der Waals surface area contributed by atoms with E-state index in [1.807, 2.05) is 48.5 Å². The normalized spacial score (nSPS) is 11.8. The van der Waals surface area contributed by atoms with Crippen molar-refractivity contribution in [3.8, 4) is 0 Å². The second-order valence-corrected chi connectivity index (χ2v) is 6.42. The van der Waals surface area contributed by atoms with E-state index in [-0.39, 0.29) is 18.4 Å². The van der Waals surface area contributed by atoms with E-state index in [9.17, 15) is 4.79 Å². The lowest BCUT2D eigenvalue weighted by Crippen LogP contribution is -2.31. The Balaban J connectivity index is 1.82. The lowest BCUT2D eigenvalue weighted by Gasteiger charge is -2.19. The monoisotopic (exact) mass is 370 g/mol. The maximum absolute atomic E-state index is 12.6. The Hall–Kier alpha value is -2.36. The second-order valence-electron chi connectivity index (χ2n) is 5.58. The van der Waals surface area contributed by atoms with Crippen LogP contribution in [0, 0.1) is 0 Å². The van der Waals surface area contributed by atoms with Crippen molar-refractivity contribution < 1.29 is 4.79 Å². The summed E-state index contributed by atoms with van der Waals surface area (Å²) in [7, 11) is 0. The Bertz CT molecular complexity index is 815. The fourth-order valence-electron chi connectivity index (χ4n) is 2.57. The first-order valence-corrected chi connectivity index (χ1v) is 8.58. The molecule has 0 saturated carbocycles. The van der Waals surface area contributed by atoms with Crippen molar-refractivity contribution in [2.24, 2.45) is 0 Å². The van der Waals surface area contributed by atoms with E-state index in [0.717, 1.165) is 16.8 Å². The van der Waals surface area contributed by atoms with Gasteiger partial charge in [-0.15, -0.1) is 0 Å². The van der Waals surface area contributed by atoms with Crippen molar-refractivity contribution in [2.75, 3.05) is 0 Å². The van der Waals surface area contributed by atoms with E-state index in [2.05, 4.69) is 10.3 Å². The number of carbonyl (C=O) groups excluding carboxylic acids is 1. The predicted octanol–water partition coefficient (Wildman–Crippen LogP) is 4.84. The molecule has 0 spiro atoms. The molecule has 126 valence electrons. The van der Waals surface area contributed by atoms with Crippen LogP contribution in [0.5, 0.6) is 0 Å². The minimum atomic E-state index is -0.319. The summed E-state index contributed by atoms with van der Waals surface area (Å²) < 4.78 is 0. The van der Waals surface area contributed by atoms with Crippen LogP contribution in [0.2, 0.25) is 10.0 Å². The molecule has 3 aromatic rings. The number of aromatic nitrogens is 1. The zero-order valence-electron chi connectivity index (χ0n) is 13.3. The molecule has 2 aromatic carbocycles. The molecule has 0 saturated heterocycles. The molecule has 0 bridgehead atoms. The molecule has 1 aromatic heterocycles. The fraction of sp³-hybridized carbons (Fsp3) is 0.100. The maximum atomic E-state index is 12.6. The van der Waals surface area contributed by atoms with Crippen LogP contribution in [0.15, 0.2) is 72.9 Å². The van der Waals surface area contributed by atoms with Crippen LogP contribution in [-0.2, 0) is 11.2 Å². The molecule has 0 aliphatic rings. The van der Waals surface area contributed by atoms with Crippen molar-refractivity contribution in [1.29, 1.82) is 0 Å². The Morgan fingerprint density at radius 3 is 2.44 bits per heavy atom. The first-order valence-electron chi connectivity index (χ1n) is 7.82. The van der Waals surface area contributed by atoms with E-state index in [1.165, 1.54) is 0 Å². The number of hydrogen-bond donors (Lipinski definition) is 1. The van der Waals surface area contributed by atoms with Gasteiger partial charge >= 0.3 is 0 Å². The molecule has 1 amide bonds. The first-order chi connectivity index (χ1) is 12.1. The van der Waals surface area contributed by atoms with Gasteiger partial charge in [-0.3, -0.25) is 9.78 Å². The van der Waals surface area contributed by atoms with E-state index >= 15 is 0 Å². The van der Waals surface area contributed by atoms with Crippen LogP contribution in [0.4, 0.5) is 0 Å². The molecule has 3 nitrogen and oxygen atoms in total. The molecule has 0 aliphatic carbocycles. The number of carbonyl (C=O) groups is 1. The van der Waals surface area contributed by atoms with Gasteiger partial charge in [0, 0.05) is 16.2 Å². The summed E-state index contributed by atoms with van der Waals surface area (Å²) in [4.78, 5) is 17.0. The number of hydrogen-bond acceptors (Lipinski definition) is 2. The molecule has 25 heavy (non-hydrogen) atoms. The smallest absolute Gasteiger partial charge is 0.225 e. The number of pyridine rings is 1. The molecule has 0 fully saturated rings. The van der Waals surface area contributed by atoms with E-state index in [4.69, 9.17) is 23.2 Å². The summed E-state index contributed by atoms with van der Waals surface area (Å²) >= 11 is 12.1. The summed E-state index contributed by atoms with van der Waals surface area (Å²) in [5.74, 6) is -0.135. The van der Waals surface area contributed by atoms with Gasteiger partial charge in [0.1, 0.15) is 0 Å².